The summed E-state index contributed by atoms with van der Waals surface area (Å²) in [6.45, 7) is 1.98. The second-order valence-electron chi connectivity index (χ2n) is 2.40. The first-order valence-electron chi connectivity index (χ1n) is 3.91. The van der Waals surface area contributed by atoms with Crippen molar-refractivity contribution in [3.05, 3.63) is 0 Å². The minimum Gasteiger partial charge on any atom is -0.462 e. The molecule has 4 nitrogen and oxygen atoms in total. The second kappa shape index (κ2) is 4.45. The van der Waals surface area contributed by atoms with Crippen molar-refractivity contribution in [1.82, 2.24) is 4.90 Å². The number of thioether (sulfide) groups is 1. The number of alkyl halides is 1. The zero-order valence-electron chi connectivity index (χ0n) is 7.16. The van der Waals surface area contributed by atoms with Gasteiger partial charge in [0.15, 0.2) is 0 Å². The number of carbonyl (C=O) groups is 2. The number of halogens is 1. The second-order valence-corrected chi connectivity index (χ2v) is 3.44. The molecule has 1 rings (SSSR count). The number of hydrogen-bond acceptors (Lipinski definition) is 4. The van der Waals surface area contributed by atoms with Gasteiger partial charge in [0.1, 0.15) is 0 Å². The summed E-state index contributed by atoms with van der Waals surface area (Å²) in [5.41, 5.74) is 0. The molecule has 6 heteroatoms. The number of hydrogen-bond donors (Lipinski definition) is 0. The number of nitrogens with zero attached hydrogens (tertiary/aromatic N) is 1. The molecule has 0 aromatic heterocycles. The van der Waals surface area contributed by atoms with Gasteiger partial charge in [-0.2, -0.15) is 0 Å². The van der Waals surface area contributed by atoms with E-state index in [4.69, 9.17) is 0 Å². The molecule has 1 saturated heterocycles. The summed E-state index contributed by atoms with van der Waals surface area (Å²) < 4.78 is 17.6. The van der Waals surface area contributed by atoms with Crippen LogP contribution in [-0.2, 0) is 9.53 Å². The van der Waals surface area contributed by atoms with Crippen molar-refractivity contribution in [3.8, 4) is 0 Å². The van der Waals surface area contributed by atoms with Crippen LogP contribution in [0.4, 0.5) is 9.18 Å². The third-order valence-electron chi connectivity index (χ3n) is 1.55. The van der Waals surface area contributed by atoms with Crippen LogP contribution in [0.25, 0.3) is 0 Å². The Morgan fingerprint density at radius 2 is 2.54 bits per heavy atom. The van der Waals surface area contributed by atoms with Gasteiger partial charge in [0.05, 0.1) is 6.61 Å². The van der Waals surface area contributed by atoms with Gasteiger partial charge < -0.3 is 4.74 Å². The number of amides is 1. The molecule has 1 aliphatic rings. The van der Waals surface area contributed by atoms with Gasteiger partial charge in [-0.05, 0) is 6.92 Å². The molecule has 0 aromatic rings. The van der Waals surface area contributed by atoms with Crippen molar-refractivity contribution in [2.24, 2.45) is 0 Å². The smallest absolute Gasteiger partial charge is 0.362 e. The van der Waals surface area contributed by atoms with Crippen LogP contribution in [0.2, 0.25) is 0 Å². The normalized spacial score (nSPS) is 18.9. The average Bonchev–Trinajstić information content (AvgIpc) is 2.50. The van der Waals surface area contributed by atoms with Crippen molar-refractivity contribution in [2.75, 3.05) is 18.9 Å². The number of carbonyl (C=O) groups excluding carboxylic acids is 2. The molecule has 1 atom stereocenters. The molecule has 13 heavy (non-hydrogen) atoms. The van der Waals surface area contributed by atoms with Crippen LogP contribution >= 0.6 is 11.8 Å². The van der Waals surface area contributed by atoms with Crippen molar-refractivity contribution in [1.29, 1.82) is 0 Å². The van der Waals surface area contributed by atoms with E-state index in [1.165, 1.54) is 0 Å². The molecule has 1 heterocycles. The lowest BCUT2D eigenvalue weighted by Gasteiger charge is -2.17. The van der Waals surface area contributed by atoms with Crippen LogP contribution < -0.4 is 0 Å². The largest absolute Gasteiger partial charge is 0.462 e. The van der Waals surface area contributed by atoms with Crippen LogP contribution in [0.1, 0.15) is 6.92 Å². The molecule has 1 amide bonds. The van der Waals surface area contributed by atoms with Crippen molar-refractivity contribution in [3.63, 3.8) is 0 Å². The highest BCUT2D eigenvalue weighted by molar-refractivity contribution is 8.13. The van der Waals surface area contributed by atoms with Crippen molar-refractivity contribution < 1.29 is 18.7 Å². The summed E-state index contributed by atoms with van der Waals surface area (Å²) in [7, 11) is 0. The molecule has 0 N–H and O–H groups in total. The van der Waals surface area contributed by atoms with Crippen LogP contribution in [0.3, 0.4) is 0 Å². The fourth-order valence-corrected chi connectivity index (χ4v) is 1.76. The average molecular weight is 207 g/mol. The van der Waals surface area contributed by atoms with Gasteiger partial charge >= 0.3 is 5.97 Å². The summed E-state index contributed by atoms with van der Waals surface area (Å²) in [5.74, 6) is -0.461. The molecule has 0 saturated carbocycles. The highest BCUT2D eigenvalue weighted by Crippen LogP contribution is 2.20. The SMILES string of the molecule is CCOC(=O)C(F)N1CCSC1=O. The monoisotopic (exact) mass is 207 g/mol. The summed E-state index contributed by atoms with van der Waals surface area (Å²) in [4.78, 5) is 22.7. The van der Waals surface area contributed by atoms with E-state index >= 15 is 0 Å². The fourth-order valence-electron chi connectivity index (χ4n) is 0.950. The van der Waals surface area contributed by atoms with Crippen LogP contribution in [-0.4, -0.2) is 41.3 Å². The molecule has 1 aliphatic heterocycles. The Morgan fingerprint density at radius 1 is 1.85 bits per heavy atom. The van der Waals surface area contributed by atoms with E-state index < -0.39 is 17.5 Å². The molecule has 0 radical (unpaired) electrons. The Labute approximate surface area is 79.4 Å². The van der Waals surface area contributed by atoms with E-state index in [2.05, 4.69) is 4.74 Å². The van der Waals surface area contributed by atoms with Gasteiger partial charge in [-0.1, -0.05) is 11.8 Å². The maximum atomic E-state index is 13.2. The Hall–Kier alpha value is -0.780. The minimum atomic E-state index is -1.94. The van der Waals surface area contributed by atoms with Gasteiger partial charge in [-0.15, -0.1) is 0 Å². The number of ether oxygens (including phenoxy) is 1. The van der Waals surface area contributed by atoms with Crippen molar-refractivity contribution >= 4 is 23.0 Å². The topological polar surface area (TPSA) is 46.6 Å². The molecule has 0 aromatic carbocycles. The molecule has 0 spiro atoms. The van der Waals surface area contributed by atoms with Crippen LogP contribution in [0, 0.1) is 0 Å². The van der Waals surface area contributed by atoms with Gasteiger partial charge in [0.25, 0.3) is 11.5 Å². The Morgan fingerprint density at radius 3 is 3.00 bits per heavy atom. The first kappa shape index (κ1) is 10.3. The van der Waals surface area contributed by atoms with Crippen LogP contribution in [0.5, 0.6) is 0 Å². The zero-order valence-corrected chi connectivity index (χ0v) is 7.97. The predicted molar refractivity (Wildman–Crippen MR) is 46.1 cm³/mol. The lowest BCUT2D eigenvalue weighted by molar-refractivity contribution is -0.154. The van der Waals surface area contributed by atoms with E-state index in [-0.39, 0.29) is 13.2 Å². The minimum absolute atomic E-state index is 0.119. The van der Waals surface area contributed by atoms with E-state index in [0.29, 0.717) is 5.75 Å². The van der Waals surface area contributed by atoms with Gasteiger partial charge in [0, 0.05) is 12.3 Å². The van der Waals surface area contributed by atoms with Crippen LogP contribution in [0.15, 0.2) is 0 Å². The first-order valence-corrected chi connectivity index (χ1v) is 4.89. The quantitative estimate of drug-likeness (QED) is 0.512. The summed E-state index contributed by atoms with van der Waals surface area (Å²) in [5, 5.41) is -0.402. The first-order chi connectivity index (χ1) is 6.16. The third kappa shape index (κ3) is 2.33. The molecule has 0 aliphatic carbocycles. The number of esters is 1. The van der Waals surface area contributed by atoms with Gasteiger partial charge in [0.2, 0.25) is 0 Å². The summed E-state index contributed by atoms with van der Waals surface area (Å²) in [6.07, 6.45) is -1.94. The molecule has 0 bridgehead atoms. The number of rotatable bonds is 3. The Balaban J connectivity index is 2.50. The zero-order chi connectivity index (χ0) is 9.84. The molecule has 1 unspecified atom stereocenters. The highest BCUT2D eigenvalue weighted by atomic mass is 32.2. The maximum Gasteiger partial charge on any atom is 0.362 e. The van der Waals surface area contributed by atoms with Crippen molar-refractivity contribution in [2.45, 2.75) is 13.2 Å². The summed E-state index contributed by atoms with van der Waals surface area (Å²) >= 11 is 1.01. The fraction of sp³-hybridized carbons (Fsp3) is 0.714. The lowest BCUT2D eigenvalue weighted by Crippen LogP contribution is -2.39. The third-order valence-corrected chi connectivity index (χ3v) is 2.42. The standard InChI is InChI=1S/C7H10FNO3S/c1-2-12-6(10)5(8)9-3-4-13-7(9)11/h5H,2-4H2,1H3. The maximum absolute atomic E-state index is 13.2. The lowest BCUT2D eigenvalue weighted by atomic mass is 10.5. The summed E-state index contributed by atoms with van der Waals surface area (Å²) in [6, 6.07) is 0. The highest BCUT2D eigenvalue weighted by Gasteiger charge is 2.34. The van der Waals surface area contributed by atoms with E-state index in [0.717, 1.165) is 16.7 Å². The molecule has 74 valence electrons. The molecular weight excluding hydrogens is 197 g/mol. The Kier molecular flexibility index (Phi) is 3.53. The van der Waals surface area contributed by atoms with E-state index in [1.807, 2.05) is 0 Å². The van der Waals surface area contributed by atoms with Gasteiger partial charge in [-0.3, -0.25) is 9.69 Å². The van der Waals surface area contributed by atoms with E-state index in [1.54, 1.807) is 6.92 Å². The Bertz CT molecular complexity index is 224. The van der Waals surface area contributed by atoms with Gasteiger partial charge in [-0.25, -0.2) is 9.18 Å². The molecule has 1 fully saturated rings. The molecular formula is C7H10FNO3S. The van der Waals surface area contributed by atoms with E-state index in [9.17, 15) is 14.0 Å². The predicted octanol–water partition coefficient (Wildman–Crippen LogP) is 1.01.